The molecule has 154 valence electrons. The summed E-state index contributed by atoms with van der Waals surface area (Å²) in [6.07, 6.45) is -1.52. The van der Waals surface area contributed by atoms with Crippen LogP contribution in [0.3, 0.4) is 0 Å². The van der Waals surface area contributed by atoms with E-state index in [4.69, 9.17) is 9.47 Å². The molecule has 0 spiro atoms. The van der Waals surface area contributed by atoms with Crippen molar-refractivity contribution in [2.75, 3.05) is 20.8 Å². The van der Waals surface area contributed by atoms with Crippen molar-refractivity contribution >= 4 is 17.6 Å². The first-order chi connectivity index (χ1) is 13.8. The van der Waals surface area contributed by atoms with Gasteiger partial charge >= 0.3 is 11.7 Å². The van der Waals surface area contributed by atoms with Gasteiger partial charge in [-0.1, -0.05) is 6.07 Å². The van der Waals surface area contributed by atoms with Crippen LogP contribution in [0, 0.1) is 10.1 Å². The Morgan fingerprint density at radius 3 is 2.41 bits per heavy atom. The molecule has 0 saturated carbocycles. The van der Waals surface area contributed by atoms with E-state index in [1.807, 2.05) is 0 Å². The minimum absolute atomic E-state index is 0.109. The van der Waals surface area contributed by atoms with Crippen LogP contribution >= 0.6 is 0 Å². The number of esters is 1. The summed E-state index contributed by atoms with van der Waals surface area (Å²) in [7, 11) is 2.48. The van der Waals surface area contributed by atoms with Gasteiger partial charge in [0.05, 0.1) is 19.1 Å². The molecule has 0 bridgehead atoms. The van der Waals surface area contributed by atoms with Gasteiger partial charge in [-0.25, -0.2) is 4.79 Å². The average Bonchev–Trinajstić information content (AvgIpc) is 2.73. The molecule has 0 aliphatic carbocycles. The first-order valence-electron chi connectivity index (χ1n) is 8.50. The van der Waals surface area contributed by atoms with E-state index in [2.05, 4.69) is 10.1 Å². The summed E-state index contributed by atoms with van der Waals surface area (Å²) in [6, 6.07) is 7.96. The number of nitrogens with one attached hydrogen (secondary N) is 1. The highest BCUT2D eigenvalue weighted by molar-refractivity contribution is 5.95. The molecule has 0 radical (unpaired) electrons. The molecular formula is C19H20N2O8. The van der Waals surface area contributed by atoms with E-state index in [1.165, 1.54) is 37.4 Å². The van der Waals surface area contributed by atoms with Gasteiger partial charge in [-0.3, -0.25) is 14.9 Å². The SMILES string of the molecule is CCNC(=O)c1ccc(Oc2ccc(C(O)C(=O)OC)cc2OC)c([N+](=O)[O-])c1. The molecule has 29 heavy (non-hydrogen) atoms. The zero-order chi connectivity index (χ0) is 21.6. The smallest absolute Gasteiger partial charge is 0.339 e. The highest BCUT2D eigenvalue weighted by Gasteiger charge is 2.23. The zero-order valence-corrected chi connectivity index (χ0v) is 16.0. The van der Waals surface area contributed by atoms with E-state index in [9.17, 15) is 24.8 Å². The largest absolute Gasteiger partial charge is 0.493 e. The number of nitro groups is 1. The molecule has 1 amide bonds. The number of benzene rings is 2. The Bertz CT molecular complexity index is 928. The number of rotatable bonds is 8. The number of hydrogen-bond acceptors (Lipinski definition) is 8. The minimum Gasteiger partial charge on any atom is -0.493 e. The molecule has 0 saturated heterocycles. The van der Waals surface area contributed by atoms with Crippen molar-refractivity contribution in [2.24, 2.45) is 0 Å². The summed E-state index contributed by atoms with van der Waals surface area (Å²) < 4.78 is 15.3. The molecule has 0 aromatic heterocycles. The summed E-state index contributed by atoms with van der Waals surface area (Å²) in [5, 5.41) is 23.9. The van der Waals surface area contributed by atoms with Gasteiger partial charge in [0.1, 0.15) is 0 Å². The van der Waals surface area contributed by atoms with E-state index < -0.39 is 28.6 Å². The molecule has 0 fully saturated rings. The molecule has 0 heterocycles. The van der Waals surface area contributed by atoms with E-state index in [0.29, 0.717) is 6.54 Å². The third-order valence-corrected chi connectivity index (χ3v) is 3.90. The van der Waals surface area contributed by atoms with Gasteiger partial charge in [0, 0.05) is 18.2 Å². The Morgan fingerprint density at radius 2 is 1.83 bits per heavy atom. The van der Waals surface area contributed by atoms with Gasteiger partial charge in [0.15, 0.2) is 17.6 Å². The van der Waals surface area contributed by atoms with Gasteiger partial charge in [-0.2, -0.15) is 0 Å². The maximum Gasteiger partial charge on any atom is 0.339 e. The van der Waals surface area contributed by atoms with Crippen molar-refractivity contribution < 1.29 is 33.8 Å². The highest BCUT2D eigenvalue weighted by Crippen LogP contribution is 2.38. The van der Waals surface area contributed by atoms with Crippen molar-refractivity contribution in [1.29, 1.82) is 0 Å². The average molecular weight is 404 g/mol. The summed E-state index contributed by atoms with van der Waals surface area (Å²) in [5.41, 5.74) is -0.0916. The number of carbonyl (C=O) groups excluding carboxylic acids is 2. The van der Waals surface area contributed by atoms with Gasteiger partial charge in [0.2, 0.25) is 5.75 Å². The second kappa shape index (κ2) is 9.51. The van der Waals surface area contributed by atoms with Crippen LogP contribution in [-0.4, -0.2) is 42.7 Å². The summed E-state index contributed by atoms with van der Waals surface area (Å²) in [6.45, 7) is 2.11. The Hall–Kier alpha value is -3.66. The molecule has 0 aliphatic rings. The zero-order valence-electron chi connectivity index (χ0n) is 16.0. The van der Waals surface area contributed by atoms with Crippen LogP contribution in [0.2, 0.25) is 0 Å². The summed E-state index contributed by atoms with van der Waals surface area (Å²) in [5.74, 6) is -1.16. The van der Waals surface area contributed by atoms with E-state index in [-0.39, 0.29) is 28.4 Å². The number of hydrogen-bond donors (Lipinski definition) is 2. The fourth-order valence-electron chi connectivity index (χ4n) is 2.45. The van der Waals surface area contributed by atoms with Crippen LogP contribution in [0.1, 0.15) is 28.9 Å². The molecule has 2 aromatic carbocycles. The van der Waals surface area contributed by atoms with Crippen molar-refractivity contribution in [3.63, 3.8) is 0 Å². The Morgan fingerprint density at radius 1 is 1.14 bits per heavy atom. The second-order valence-electron chi connectivity index (χ2n) is 5.74. The molecule has 0 aliphatic heterocycles. The van der Waals surface area contributed by atoms with Gasteiger partial charge in [-0.15, -0.1) is 0 Å². The number of ether oxygens (including phenoxy) is 3. The van der Waals surface area contributed by atoms with Gasteiger partial charge < -0.3 is 24.6 Å². The lowest BCUT2D eigenvalue weighted by atomic mass is 10.1. The standard InChI is InChI=1S/C19H20N2O8/c1-4-20-18(23)12-6-7-14(13(9-12)21(25)26)29-15-8-5-11(10-16(15)27-2)17(22)19(24)28-3/h5-10,17,22H,4H2,1-3H3,(H,20,23). The van der Waals surface area contributed by atoms with Crippen molar-refractivity contribution in [3.05, 3.63) is 57.6 Å². The Balaban J connectivity index is 2.38. The van der Waals surface area contributed by atoms with Crippen molar-refractivity contribution in [1.82, 2.24) is 5.32 Å². The molecule has 1 atom stereocenters. The monoisotopic (exact) mass is 404 g/mol. The van der Waals surface area contributed by atoms with Gasteiger partial charge in [-0.05, 0) is 36.8 Å². The predicted molar refractivity (Wildman–Crippen MR) is 101 cm³/mol. The fraction of sp³-hybridized carbons (Fsp3) is 0.263. The summed E-state index contributed by atoms with van der Waals surface area (Å²) in [4.78, 5) is 34.2. The lowest BCUT2D eigenvalue weighted by Gasteiger charge is -2.14. The lowest BCUT2D eigenvalue weighted by Crippen LogP contribution is -2.22. The Kier molecular flexibility index (Phi) is 7.10. The normalized spacial score (nSPS) is 11.3. The van der Waals surface area contributed by atoms with Crippen LogP contribution in [0.5, 0.6) is 17.2 Å². The minimum atomic E-state index is -1.52. The maximum absolute atomic E-state index is 11.9. The second-order valence-corrected chi connectivity index (χ2v) is 5.74. The number of carbonyl (C=O) groups is 2. The first kappa shape index (κ1) is 21.6. The topological polar surface area (TPSA) is 137 Å². The summed E-state index contributed by atoms with van der Waals surface area (Å²) >= 11 is 0. The molecule has 2 rings (SSSR count). The molecule has 10 heteroatoms. The molecule has 1 unspecified atom stereocenters. The molecule has 10 nitrogen and oxygen atoms in total. The maximum atomic E-state index is 11.9. The number of methoxy groups -OCH3 is 2. The van der Waals surface area contributed by atoms with Crippen LogP contribution in [-0.2, 0) is 9.53 Å². The molecule has 2 aromatic rings. The van der Waals surface area contributed by atoms with E-state index in [1.54, 1.807) is 6.92 Å². The van der Waals surface area contributed by atoms with Crippen LogP contribution in [0.15, 0.2) is 36.4 Å². The Labute approximate surface area is 166 Å². The van der Waals surface area contributed by atoms with E-state index >= 15 is 0 Å². The number of amides is 1. The number of nitro benzene ring substituents is 1. The molecule has 2 N–H and O–H groups in total. The lowest BCUT2D eigenvalue weighted by molar-refractivity contribution is -0.385. The fourth-order valence-corrected chi connectivity index (χ4v) is 2.45. The first-order valence-corrected chi connectivity index (χ1v) is 8.50. The highest BCUT2D eigenvalue weighted by atomic mass is 16.6. The number of aliphatic hydroxyl groups is 1. The van der Waals surface area contributed by atoms with Crippen molar-refractivity contribution in [3.8, 4) is 17.2 Å². The van der Waals surface area contributed by atoms with Crippen LogP contribution in [0.4, 0.5) is 5.69 Å². The quantitative estimate of drug-likeness (QED) is 0.389. The van der Waals surface area contributed by atoms with Gasteiger partial charge in [0.25, 0.3) is 5.91 Å². The third kappa shape index (κ3) is 4.99. The van der Waals surface area contributed by atoms with Crippen LogP contribution in [0.25, 0.3) is 0 Å². The third-order valence-electron chi connectivity index (χ3n) is 3.90. The molecular weight excluding hydrogens is 384 g/mol. The van der Waals surface area contributed by atoms with Crippen LogP contribution < -0.4 is 14.8 Å². The van der Waals surface area contributed by atoms with Crippen molar-refractivity contribution in [2.45, 2.75) is 13.0 Å². The van der Waals surface area contributed by atoms with E-state index in [0.717, 1.165) is 13.2 Å². The number of aliphatic hydroxyl groups excluding tert-OH is 1. The number of nitrogens with zero attached hydrogens (tertiary/aromatic N) is 1. The predicted octanol–water partition coefficient (Wildman–Crippen LogP) is 2.35.